The lowest BCUT2D eigenvalue weighted by Gasteiger charge is -2.10. The molecular formula is C12H18N4S. The molecule has 0 atom stereocenters. The van der Waals surface area contributed by atoms with Crippen molar-refractivity contribution in [3.8, 4) is 0 Å². The summed E-state index contributed by atoms with van der Waals surface area (Å²) in [6.07, 6.45) is 5.70. The van der Waals surface area contributed by atoms with Gasteiger partial charge in [-0.2, -0.15) is 0 Å². The normalized spacial score (nSPS) is 11.3. The fourth-order valence-electron chi connectivity index (χ4n) is 1.57. The molecule has 0 aromatic carbocycles. The van der Waals surface area contributed by atoms with Crippen LogP contribution in [0.5, 0.6) is 0 Å². The van der Waals surface area contributed by atoms with Crippen LogP contribution in [0.1, 0.15) is 29.4 Å². The molecule has 2 aromatic rings. The Kier molecular flexibility index (Phi) is 3.91. The SMILES string of the molecule is Cc1cnc(Cn2cncc2CNC(C)C)s1. The first-order valence-corrected chi connectivity index (χ1v) is 6.60. The van der Waals surface area contributed by atoms with E-state index in [1.807, 2.05) is 18.7 Å². The fourth-order valence-corrected chi connectivity index (χ4v) is 2.35. The molecule has 1 N–H and O–H groups in total. The molecule has 0 amide bonds. The Balaban J connectivity index is 2.03. The van der Waals surface area contributed by atoms with Gasteiger partial charge in [0.1, 0.15) is 5.01 Å². The van der Waals surface area contributed by atoms with Gasteiger partial charge in [-0.05, 0) is 6.92 Å². The van der Waals surface area contributed by atoms with Crippen LogP contribution >= 0.6 is 11.3 Å². The highest BCUT2D eigenvalue weighted by atomic mass is 32.1. The minimum atomic E-state index is 0.487. The van der Waals surface area contributed by atoms with Crippen LogP contribution in [-0.2, 0) is 13.1 Å². The Morgan fingerprint density at radius 2 is 2.24 bits per heavy atom. The number of nitrogens with one attached hydrogen (secondary N) is 1. The Morgan fingerprint density at radius 3 is 2.88 bits per heavy atom. The molecule has 92 valence electrons. The van der Waals surface area contributed by atoms with Gasteiger partial charge in [-0.1, -0.05) is 13.8 Å². The number of aryl methyl sites for hydroxylation is 1. The van der Waals surface area contributed by atoms with E-state index in [1.54, 1.807) is 11.3 Å². The standard InChI is InChI=1S/C12H18N4S/c1-9(2)14-6-11-5-13-8-16(11)7-12-15-4-10(3)17-12/h4-5,8-9,14H,6-7H2,1-3H3. The van der Waals surface area contributed by atoms with Crippen LogP contribution in [0.4, 0.5) is 0 Å². The molecule has 2 rings (SSSR count). The van der Waals surface area contributed by atoms with Crippen molar-refractivity contribution in [3.63, 3.8) is 0 Å². The number of hydrogen-bond acceptors (Lipinski definition) is 4. The topological polar surface area (TPSA) is 42.7 Å². The van der Waals surface area contributed by atoms with Gasteiger partial charge in [-0.25, -0.2) is 9.97 Å². The molecule has 0 saturated heterocycles. The van der Waals surface area contributed by atoms with Gasteiger partial charge in [-0.15, -0.1) is 11.3 Å². The zero-order valence-electron chi connectivity index (χ0n) is 10.5. The molecule has 0 unspecified atom stereocenters. The molecule has 0 bridgehead atoms. The lowest BCUT2D eigenvalue weighted by Crippen LogP contribution is -2.23. The summed E-state index contributed by atoms with van der Waals surface area (Å²) in [4.78, 5) is 9.83. The summed E-state index contributed by atoms with van der Waals surface area (Å²) in [6, 6.07) is 0.487. The molecule has 0 spiro atoms. The van der Waals surface area contributed by atoms with Gasteiger partial charge in [0.15, 0.2) is 0 Å². The van der Waals surface area contributed by atoms with E-state index < -0.39 is 0 Å². The zero-order chi connectivity index (χ0) is 12.3. The van der Waals surface area contributed by atoms with E-state index in [1.165, 1.54) is 10.6 Å². The number of aromatic nitrogens is 3. The largest absolute Gasteiger partial charge is 0.326 e. The van der Waals surface area contributed by atoms with E-state index in [2.05, 4.69) is 40.6 Å². The summed E-state index contributed by atoms with van der Waals surface area (Å²) in [5.41, 5.74) is 1.20. The summed E-state index contributed by atoms with van der Waals surface area (Å²) in [7, 11) is 0. The lowest BCUT2D eigenvalue weighted by atomic mass is 10.3. The van der Waals surface area contributed by atoms with E-state index in [-0.39, 0.29) is 0 Å². The van der Waals surface area contributed by atoms with Gasteiger partial charge < -0.3 is 9.88 Å². The Morgan fingerprint density at radius 1 is 1.41 bits per heavy atom. The second-order valence-electron chi connectivity index (χ2n) is 4.41. The van der Waals surface area contributed by atoms with Crippen molar-refractivity contribution in [2.24, 2.45) is 0 Å². The summed E-state index contributed by atoms with van der Waals surface area (Å²) in [5, 5.41) is 4.53. The van der Waals surface area contributed by atoms with E-state index in [4.69, 9.17) is 0 Å². The van der Waals surface area contributed by atoms with Crippen molar-refractivity contribution < 1.29 is 0 Å². The molecule has 0 aliphatic carbocycles. The third-order valence-corrected chi connectivity index (χ3v) is 3.36. The number of imidazole rings is 1. The molecule has 0 radical (unpaired) electrons. The van der Waals surface area contributed by atoms with Crippen LogP contribution in [0.25, 0.3) is 0 Å². The van der Waals surface area contributed by atoms with Crippen molar-refractivity contribution in [3.05, 3.63) is 34.3 Å². The second-order valence-corrected chi connectivity index (χ2v) is 5.73. The van der Waals surface area contributed by atoms with E-state index >= 15 is 0 Å². The highest BCUT2D eigenvalue weighted by Crippen LogP contribution is 2.13. The monoisotopic (exact) mass is 250 g/mol. The molecule has 0 aliphatic rings. The first-order chi connectivity index (χ1) is 8.15. The van der Waals surface area contributed by atoms with Gasteiger partial charge in [0.25, 0.3) is 0 Å². The predicted molar refractivity (Wildman–Crippen MR) is 70.2 cm³/mol. The van der Waals surface area contributed by atoms with Crippen LogP contribution in [0.3, 0.4) is 0 Å². The summed E-state index contributed by atoms with van der Waals surface area (Å²) in [5.74, 6) is 0. The predicted octanol–water partition coefficient (Wildman–Crippen LogP) is 2.19. The number of hydrogen-bond donors (Lipinski definition) is 1. The highest BCUT2D eigenvalue weighted by molar-refractivity contribution is 7.11. The zero-order valence-corrected chi connectivity index (χ0v) is 11.3. The molecule has 0 aliphatic heterocycles. The van der Waals surface area contributed by atoms with Crippen molar-refractivity contribution in [1.29, 1.82) is 0 Å². The van der Waals surface area contributed by atoms with Gasteiger partial charge in [-0.3, -0.25) is 0 Å². The highest BCUT2D eigenvalue weighted by Gasteiger charge is 2.05. The van der Waals surface area contributed by atoms with E-state index in [0.717, 1.165) is 18.1 Å². The molecule has 0 fully saturated rings. The third-order valence-electron chi connectivity index (χ3n) is 2.46. The van der Waals surface area contributed by atoms with Crippen molar-refractivity contribution in [2.45, 2.75) is 39.9 Å². The molecule has 2 heterocycles. The van der Waals surface area contributed by atoms with Crippen molar-refractivity contribution in [2.75, 3.05) is 0 Å². The molecule has 2 aromatic heterocycles. The number of thiazole rings is 1. The second kappa shape index (κ2) is 5.42. The number of nitrogens with zero attached hydrogens (tertiary/aromatic N) is 3. The van der Waals surface area contributed by atoms with E-state index in [0.29, 0.717) is 6.04 Å². The van der Waals surface area contributed by atoms with Crippen molar-refractivity contribution >= 4 is 11.3 Å². The minimum absolute atomic E-state index is 0.487. The Hall–Kier alpha value is -1.20. The molecule has 4 nitrogen and oxygen atoms in total. The molecule has 5 heteroatoms. The lowest BCUT2D eigenvalue weighted by molar-refractivity contribution is 0.564. The van der Waals surface area contributed by atoms with Gasteiger partial charge in [0.05, 0.1) is 18.6 Å². The van der Waals surface area contributed by atoms with Crippen LogP contribution < -0.4 is 5.32 Å². The Bertz CT molecular complexity index is 472. The Labute approximate surface area is 106 Å². The van der Waals surface area contributed by atoms with Crippen molar-refractivity contribution in [1.82, 2.24) is 19.9 Å². The maximum atomic E-state index is 4.38. The molecule has 0 saturated carbocycles. The minimum Gasteiger partial charge on any atom is -0.326 e. The maximum Gasteiger partial charge on any atom is 0.113 e. The molecular weight excluding hydrogens is 232 g/mol. The van der Waals surface area contributed by atoms with Crippen LogP contribution in [0, 0.1) is 6.92 Å². The smallest absolute Gasteiger partial charge is 0.113 e. The average molecular weight is 250 g/mol. The first kappa shape index (κ1) is 12.3. The van der Waals surface area contributed by atoms with E-state index in [9.17, 15) is 0 Å². The van der Waals surface area contributed by atoms with Gasteiger partial charge in [0.2, 0.25) is 0 Å². The molecule has 17 heavy (non-hydrogen) atoms. The van der Waals surface area contributed by atoms with Crippen LogP contribution in [-0.4, -0.2) is 20.6 Å². The fraction of sp³-hybridized carbons (Fsp3) is 0.500. The summed E-state index contributed by atoms with van der Waals surface area (Å²) >= 11 is 1.74. The maximum absolute atomic E-state index is 4.38. The summed E-state index contributed by atoms with van der Waals surface area (Å²) < 4.78 is 2.15. The van der Waals surface area contributed by atoms with Gasteiger partial charge >= 0.3 is 0 Å². The van der Waals surface area contributed by atoms with Gasteiger partial charge in [0, 0.05) is 29.9 Å². The quantitative estimate of drug-likeness (QED) is 0.884. The first-order valence-electron chi connectivity index (χ1n) is 5.79. The number of rotatable bonds is 5. The van der Waals surface area contributed by atoms with Crippen LogP contribution in [0.15, 0.2) is 18.7 Å². The van der Waals surface area contributed by atoms with Crippen LogP contribution in [0.2, 0.25) is 0 Å². The summed E-state index contributed by atoms with van der Waals surface area (Å²) in [6.45, 7) is 8.03. The third kappa shape index (κ3) is 3.38. The average Bonchev–Trinajstić information content (AvgIpc) is 2.86.